The van der Waals surface area contributed by atoms with Crippen molar-refractivity contribution in [1.29, 1.82) is 0 Å². The smallest absolute Gasteiger partial charge is 0.270 e. The Labute approximate surface area is 183 Å². The zero-order valence-corrected chi connectivity index (χ0v) is 17.9. The number of nitrogens with zero attached hydrogens (tertiary/aromatic N) is 4. The standard InChI is InChI=1S/C21H21N5O4S/c1-3-11-29-17-10-9-13(26(27)28)12-15(17)19-22-16-8-6-5-7-14(16)18-20(30-19)23-21(25-24-18)31-4-2/h5-10,12,19,22H,3-4,11H2,1-2H3/t19-/m0/s1. The number of thioether (sulfide) groups is 1. The van der Waals surface area contributed by atoms with Crippen LogP contribution in [0.3, 0.4) is 0 Å². The first-order valence-electron chi connectivity index (χ1n) is 9.92. The number of rotatable bonds is 7. The number of anilines is 1. The lowest BCUT2D eigenvalue weighted by molar-refractivity contribution is -0.385. The van der Waals surface area contributed by atoms with E-state index in [4.69, 9.17) is 9.47 Å². The van der Waals surface area contributed by atoms with E-state index in [9.17, 15) is 10.1 Å². The molecule has 0 fully saturated rings. The van der Waals surface area contributed by atoms with Gasteiger partial charge in [0.2, 0.25) is 17.3 Å². The van der Waals surface area contributed by atoms with Crippen LogP contribution in [0.25, 0.3) is 11.3 Å². The van der Waals surface area contributed by atoms with E-state index in [1.165, 1.54) is 23.9 Å². The number of hydrogen-bond donors (Lipinski definition) is 1. The van der Waals surface area contributed by atoms with Crippen molar-refractivity contribution in [2.45, 2.75) is 31.7 Å². The predicted molar refractivity (Wildman–Crippen MR) is 118 cm³/mol. The van der Waals surface area contributed by atoms with Gasteiger partial charge in [0.15, 0.2) is 5.69 Å². The Balaban J connectivity index is 1.84. The summed E-state index contributed by atoms with van der Waals surface area (Å²) in [5, 5.41) is 23.8. The molecule has 9 nitrogen and oxygen atoms in total. The monoisotopic (exact) mass is 439 g/mol. The van der Waals surface area contributed by atoms with Crippen LogP contribution in [-0.4, -0.2) is 32.5 Å². The Hall–Kier alpha value is -3.40. The number of aromatic nitrogens is 3. The van der Waals surface area contributed by atoms with E-state index < -0.39 is 11.2 Å². The van der Waals surface area contributed by atoms with Gasteiger partial charge in [-0.2, -0.15) is 4.98 Å². The van der Waals surface area contributed by atoms with Gasteiger partial charge in [0.1, 0.15) is 5.75 Å². The van der Waals surface area contributed by atoms with Gasteiger partial charge in [0.25, 0.3) is 5.69 Å². The summed E-state index contributed by atoms with van der Waals surface area (Å²) >= 11 is 1.45. The number of fused-ring (bicyclic) bond motifs is 3. The maximum atomic E-state index is 11.4. The molecule has 2 heterocycles. The number of ether oxygens (including phenoxy) is 2. The molecule has 0 aliphatic carbocycles. The lowest BCUT2D eigenvalue weighted by atomic mass is 10.1. The van der Waals surface area contributed by atoms with Crippen LogP contribution < -0.4 is 14.8 Å². The first-order chi connectivity index (χ1) is 15.1. The van der Waals surface area contributed by atoms with Crippen LogP contribution in [0.15, 0.2) is 47.6 Å². The molecule has 1 N–H and O–H groups in total. The van der Waals surface area contributed by atoms with Gasteiger partial charge in [-0.25, -0.2) is 0 Å². The van der Waals surface area contributed by atoms with Crippen molar-refractivity contribution in [3.05, 3.63) is 58.1 Å². The minimum absolute atomic E-state index is 0.0509. The van der Waals surface area contributed by atoms with Gasteiger partial charge in [-0.05, 0) is 24.3 Å². The fourth-order valence-electron chi connectivity index (χ4n) is 3.18. The van der Waals surface area contributed by atoms with Crippen molar-refractivity contribution >= 4 is 23.1 Å². The summed E-state index contributed by atoms with van der Waals surface area (Å²) in [6, 6.07) is 12.1. The number of nitro groups is 1. The molecule has 3 aromatic rings. The van der Waals surface area contributed by atoms with Gasteiger partial charge in [-0.1, -0.05) is 43.8 Å². The highest BCUT2D eigenvalue weighted by Crippen LogP contribution is 2.41. The number of para-hydroxylation sites is 1. The number of benzene rings is 2. The second-order valence-electron chi connectivity index (χ2n) is 6.70. The Morgan fingerprint density at radius 2 is 2.06 bits per heavy atom. The first-order valence-corrected chi connectivity index (χ1v) is 10.9. The molecule has 31 heavy (non-hydrogen) atoms. The van der Waals surface area contributed by atoms with Crippen LogP contribution in [0.5, 0.6) is 11.6 Å². The Morgan fingerprint density at radius 3 is 2.84 bits per heavy atom. The van der Waals surface area contributed by atoms with Crippen LogP contribution >= 0.6 is 11.8 Å². The van der Waals surface area contributed by atoms with Crippen LogP contribution in [-0.2, 0) is 0 Å². The summed E-state index contributed by atoms with van der Waals surface area (Å²) in [6.07, 6.45) is 0.0285. The lowest BCUT2D eigenvalue weighted by Crippen LogP contribution is -2.18. The highest BCUT2D eigenvalue weighted by molar-refractivity contribution is 7.99. The van der Waals surface area contributed by atoms with Crippen LogP contribution in [0.4, 0.5) is 11.4 Å². The largest absolute Gasteiger partial charge is 0.493 e. The Kier molecular flexibility index (Phi) is 6.17. The van der Waals surface area contributed by atoms with Crippen molar-refractivity contribution in [3.8, 4) is 22.9 Å². The molecule has 0 saturated carbocycles. The number of nitrogens with one attached hydrogen (secondary N) is 1. The highest BCUT2D eigenvalue weighted by Gasteiger charge is 2.29. The van der Waals surface area contributed by atoms with Gasteiger partial charge in [0, 0.05) is 23.4 Å². The van der Waals surface area contributed by atoms with Crippen molar-refractivity contribution in [2.24, 2.45) is 0 Å². The summed E-state index contributed by atoms with van der Waals surface area (Å²) in [4.78, 5) is 15.5. The molecule has 0 spiro atoms. The summed E-state index contributed by atoms with van der Waals surface area (Å²) in [5.74, 6) is 1.61. The molecule has 0 bridgehead atoms. The van der Waals surface area contributed by atoms with Crippen molar-refractivity contribution < 1.29 is 14.4 Å². The van der Waals surface area contributed by atoms with E-state index in [1.807, 2.05) is 38.1 Å². The molecule has 10 heteroatoms. The topological polar surface area (TPSA) is 112 Å². The normalized spacial score (nSPS) is 14.5. The molecule has 1 atom stereocenters. The summed E-state index contributed by atoms with van der Waals surface area (Å²) in [5.41, 5.74) is 2.51. The molecular formula is C21H21N5O4S. The van der Waals surface area contributed by atoms with Gasteiger partial charge < -0.3 is 14.8 Å². The number of hydrogen-bond acceptors (Lipinski definition) is 9. The quantitative estimate of drug-likeness (QED) is 0.313. The molecule has 1 aliphatic rings. The molecule has 4 rings (SSSR count). The average molecular weight is 439 g/mol. The summed E-state index contributed by atoms with van der Waals surface area (Å²) < 4.78 is 12.1. The zero-order valence-electron chi connectivity index (χ0n) is 17.1. The zero-order chi connectivity index (χ0) is 21.8. The molecule has 0 unspecified atom stereocenters. The van der Waals surface area contributed by atoms with Gasteiger partial charge >= 0.3 is 0 Å². The maximum Gasteiger partial charge on any atom is 0.270 e. The van der Waals surface area contributed by atoms with Gasteiger partial charge in [0.05, 0.1) is 17.1 Å². The molecular weight excluding hydrogens is 418 g/mol. The fourth-order valence-corrected chi connectivity index (χ4v) is 3.68. The molecule has 1 aliphatic heterocycles. The van der Waals surface area contributed by atoms with E-state index in [1.54, 1.807) is 6.07 Å². The van der Waals surface area contributed by atoms with Gasteiger partial charge in [-0.15, -0.1) is 10.2 Å². The van der Waals surface area contributed by atoms with E-state index in [0.29, 0.717) is 34.7 Å². The Bertz CT molecular complexity index is 1110. The lowest BCUT2D eigenvalue weighted by Gasteiger charge is -2.21. The fraction of sp³-hybridized carbons (Fsp3) is 0.286. The molecule has 0 amide bonds. The number of nitro benzene ring substituents is 1. The minimum Gasteiger partial charge on any atom is -0.493 e. The predicted octanol–water partition coefficient (Wildman–Crippen LogP) is 4.85. The number of non-ortho nitro benzene ring substituents is 1. The van der Waals surface area contributed by atoms with E-state index >= 15 is 0 Å². The molecule has 160 valence electrons. The molecule has 1 aromatic heterocycles. The van der Waals surface area contributed by atoms with Crippen LogP contribution in [0, 0.1) is 10.1 Å². The SMILES string of the molecule is CCCOc1ccc([N+](=O)[O-])cc1[C@H]1Nc2ccccc2-c2nnc(SCC)nc2O1. The van der Waals surface area contributed by atoms with Crippen molar-refractivity contribution in [3.63, 3.8) is 0 Å². The summed E-state index contributed by atoms with van der Waals surface area (Å²) in [7, 11) is 0. The molecule has 0 radical (unpaired) electrons. The second-order valence-corrected chi connectivity index (χ2v) is 7.93. The second kappa shape index (κ2) is 9.17. The van der Waals surface area contributed by atoms with Crippen molar-refractivity contribution in [2.75, 3.05) is 17.7 Å². The third kappa shape index (κ3) is 4.38. The maximum absolute atomic E-state index is 11.4. The van der Waals surface area contributed by atoms with E-state index in [2.05, 4.69) is 20.5 Å². The third-order valence-corrected chi connectivity index (χ3v) is 5.28. The first kappa shape index (κ1) is 20.9. The minimum atomic E-state index is -0.773. The van der Waals surface area contributed by atoms with E-state index in [0.717, 1.165) is 23.4 Å². The van der Waals surface area contributed by atoms with Gasteiger partial charge in [-0.3, -0.25) is 10.1 Å². The molecule has 0 saturated heterocycles. The van der Waals surface area contributed by atoms with Crippen LogP contribution in [0.2, 0.25) is 0 Å². The van der Waals surface area contributed by atoms with E-state index in [-0.39, 0.29) is 5.69 Å². The van der Waals surface area contributed by atoms with Crippen molar-refractivity contribution in [1.82, 2.24) is 15.2 Å². The third-order valence-electron chi connectivity index (χ3n) is 4.56. The molecule has 2 aromatic carbocycles. The Morgan fingerprint density at radius 1 is 1.23 bits per heavy atom. The summed E-state index contributed by atoms with van der Waals surface area (Å²) in [6.45, 7) is 4.47. The highest BCUT2D eigenvalue weighted by atomic mass is 32.2. The van der Waals surface area contributed by atoms with Crippen LogP contribution in [0.1, 0.15) is 32.1 Å². The average Bonchev–Trinajstić information content (AvgIpc) is 2.94.